The second-order valence-electron chi connectivity index (χ2n) is 3.60. The number of hydrogen-bond donors (Lipinski definition) is 1. The van der Waals surface area contributed by atoms with Gasteiger partial charge in [0, 0.05) is 11.1 Å². The lowest BCUT2D eigenvalue weighted by Gasteiger charge is -2.08. The van der Waals surface area contributed by atoms with E-state index < -0.39 is 11.8 Å². The number of benzene rings is 1. The van der Waals surface area contributed by atoms with Crippen LogP contribution in [0.3, 0.4) is 0 Å². The number of rotatable bonds is 6. The zero-order valence-corrected chi connectivity index (χ0v) is 11.6. The smallest absolute Gasteiger partial charge is 0.339 e. The Morgan fingerprint density at radius 2 is 2.11 bits per heavy atom. The van der Waals surface area contributed by atoms with Crippen molar-refractivity contribution in [3.8, 4) is 0 Å². The first-order valence-corrected chi connectivity index (χ1v) is 6.35. The number of ether oxygens (including phenoxy) is 2. The highest BCUT2D eigenvalue weighted by molar-refractivity contribution is 9.10. The van der Waals surface area contributed by atoms with Crippen LogP contribution in [0.25, 0.3) is 0 Å². The molecule has 6 heteroatoms. The molecule has 1 aromatic carbocycles. The van der Waals surface area contributed by atoms with Gasteiger partial charge in [0.25, 0.3) is 0 Å². The highest BCUT2D eigenvalue weighted by atomic mass is 79.9. The standard InChI is InChI=1S/C12H15BrFNO3/c1-2-3-17-4-5-18-12(16)8-6-11(15)10(14)7-9(8)13/h6-7H,2-5,15H2,1H3. The minimum absolute atomic E-state index is 0.0904. The predicted octanol–water partition coefficient (Wildman–Crippen LogP) is 2.75. The van der Waals surface area contributed by atoms with E-state index in [1.54, 1.807) is 0 Å². The fraction of sp³-hybridized carbons (Fsp3) is 0.417. The Labute approximate surface area is 113 Å². The number of hydrogen-bond acceptors (Lipinski definition) is 4. The Morgan fingerprint density at radius 3 is 2.78 bits per heavy atom. The van der Waals surface area contributed by atoms with Crippen LogP contribution in [0.15, 0.2) is 16.6 Å². The van der Waals surface area contributed by atoms with Gasteiger partial charge in [0.2, 0.25) is 0 Å². The van der Waals surface area contributed by atoms with Gasteiger partial charge in [-0.2, -0.15) is 0 Å². The number of carbonyl (C=O) groups is 1. The molecule has 0 heterocycles. The van der Waals surface area contributed by atoms with E-state index in [0.29, 0.717) is 17.7 Å². The fourth-order valence-corrected chi connectivity index (χ4v) is 1.72. The average molecular weight is 320 g/mol. The molecule has 0 aliphatic carbocycles. The van der Waals surface area contributed by atoms with E-state index in [0.717, 1.165) is 12.5 Å². The number of anilines is 1. The van der Waals surface area contributed by atoms with Gasteiger partial charge in [-0.3, -0.25) is 0 Å². The highest BCUT2D eigenvalue weighted by Gasteiger charge is 2.14. The molecule has 4 nitrogen and oxygen atoms in total. The maximum atomic E-state index is 13.1. The number of nitrogen functional groups attached to an aromatic ring is 1. The third-order valence-electron chi connectivity index (χ3n) is 2.12. The van der Waals surface area contributed by atoms with Crippen LogP contribution in [-0.2, 0) is 9.47 Å². The molecule has 0 aliphatic rings. The summed E-state index contributed by atoms with van der Waals surface area (Å²) < 4.78 is 23.5. The molecule has 0 radical (unpaired) electrons. The van der Waals surface area contributed by atoms with Crippen LogP contribution in [0, 0.1) is 5.82 Å². The highest BCUT2D eigenvalue weighted by Crippen LogP contribution is 2.23. The van der Waals surface area contributed by atoms with E-state index in [4.69, 9.17) is 15.2 Å². The van der Waals surface area contributed by atoms with Gasteiger partial charge in [0.1, 0.15) is 12.4 Å². The Morgan fingerprint density at radius 1 is 1.39 bits per heavy atom. The van der Waals surface area contributed by atoms with E-state index in [1.165, 1.54) is 6.07 Å². The van der Waals surface area contributed by atoms with Crippen molar-refractivity contribution in [3.63, 3.8) is 0 Å². The molecule has 18 heavy (non-hydrogen) atoms. The summed E-state index contributed by atoms with van der Waals surface area (Å²) in [6, 6.07) is 2.38. The van der Waals surface area contributed by atoms with Crippen molar-refractivity contribution in [1.29, 1.82) is 0 Å². The van der Waals surface area contributed by atoms with Crippen molar-refractivity contribution in [1.82, 2.24) is 0 Å². The first-order valence-electron chi connectivity index (χ1n) is 5.55. The maximum absolute atomic E-state index is 13.1. The van der Waals surface area contributed by atoms with Crippen LogP contribution in [0.5, 0.6) is 0 Å². The van der Waals surface area contributed by atoms with Gasteiger partial charge in [-0.25, -0.2) is 9.18 Å². The van der Waals surface area contributed by atoms with Gasteiger partial charge in [0.15, 0.2) is 0 Å². The largest absolute Gasteiger partial charge is 0.460 e. The molecule has 0 saturated heterocycles. The normalized spacial score (nSPS) is 10.4. The lowest BCUT2D eigenvalue weighted by Crippen LogP contribution is -2.12. The molecular weight excluding hydrogens is 305 g/mol. The first kappa shape index (κ1) is 14.9. The molecule has 100 valence electrons. The Bertz CT molecular complexity index is 426. The van der Waals surface area contributed by atoms with Gasteiger partial charge in [-0.1, -0.05) is 6.92 Å². The lowest BCUT2D eigenvalue weighted by atomic mass is 10.2. The molecule has 0 saturated carbocycles. The van der Waals surface area contributed by atoms with E-state index in [2.05, 4.69) is 15.9 Å². The first-order chi connectivity index (χ1) is 8.56. The summed E-state index contributed by atoms with van der Waals surface area (Å²) >= 11 is 3.09. The van der Waals surface area contributed by atoms with Gasteiger partial charge in [0.05, 0.1) is 17.9 Å². The van der Waals surface area contributed by atoms with Crippen LogP contribution in [-0.4, -0.2) is 25.8 Å². The molecule has 0 unspecified atom stereocenters. The Balaban J connectivity index is 2.54. The average Bonchev–Trinajstić information content (AvgIpc) is 2.33. The minimum Gasteiger partial charge on any atom is -0.460 e. The summed E-state index contributed by atoms with van der Waals surface area (Å²) in [6.07, 6.45) is 0.911. The van der Waals surface area contributed by atoms with E-state index >= 15 is 0 Å². The summed E-state index contributed by atoms with van der Waals surface area (Å²) in [6.45, 7) is 3.12. The van der Waals surface area contributed by atoms with E-state index in [-0.39, 0.29) is 17.9 Å². The van der Waals surface area contributed by atoms with Gasteiger partial charge in [-0.05, 0) is 34.5 Å². The minimum atomic E-state index is -0.579. The zero-order valence-electron chi connectivity index (χ0n) is 10.0. The Hall–Kier alpha value is -1.14. The molecule has 2 N–H and O–H groups in total. The molecule has 0 aromatic heterocycles. The summed E-state index contributed by atoms with van der Waals surface area (Å²) in [7, 11) is 0. The van der Waals surface area contributed by atoms with E-state index in [9.17, 15) is 9.18 Å². The summed E-state index contributed by atoms with van der Waals surface area (Å²) in [4.78, 5) is 11.7. The molecule has 0 atom stereocenters. The predicted molar refractivity (Wildman–Crippen MR) is 69.9 cm³/mol. The Kier molecular flexibility index (Phi) is 6.07. The van der Waals surface area contributed by atoms with Crippen molar-refractivity contribution >= 4 is 27.6 Å². The number of nitrogens with two attached hydrogens (primary N) is 1. The third-order valence-corrected chi connectivity index (χ3v) is 2.77. The summed E-state index contributed by atoms with van der Waals surface area (Å²) in [5.74, 6) is -1.14. The van der Waals surface area contributed by atoms with Crippen molar-refractivity contribution < 1.29 is 18.7 Å². The molecule has 1 rings (SSSR count). The van der Waals surface area contributed by atoms with Crippen molar-refractivity contribution in [2.45, 2.75) is 13.3 Å². The fourth-order valence-electron chi connectivity index (χ4n) is 1.24. The second-order valence-corrected chi connectivity index (χ2v) is 4.46. The van der Waals surface area contributed by atoms with Crippen LogP contribution in [0.4, 0.5) is 10.1 Å². The molecule has 0 fully saturated rings. The van der Waals surface area contributed by atoms with Crippen molar-refractivity contribution in [2.24, 2.45) is 0 Å². The number of esters is 1. The molecule has 0 aliphatic heterocycles. The summed E-state index contributed by atoms with van der Waals surface area (Å²) in [5.41, 5.74) is 5.50. The topological polar surface area (TPSA) is 61.5 Å². The molecule has 0 amide bonds. The molecule has 0 spiro atoms. The maximum Gasteiger partial charge on any atom is 0.339 e. The SMILES string of the molecule is CCCOCCOC(=O)c1cc(N)c(F)cc1Br. The van der Waals surface area contributed by atoms with E-state index in [1.807, 2.05) is 6.92 Å². The number of carbonyl (C=O) groups excluding carboxylic acids is 1. The van der Waals surface area contributed by atoms with Gasteiger partial charge < -0.3 is 15.2 Å². The molecule has 1 aromatic rings. The molecule has 0 bridgehead atoms. The van der Waals surface area contributed by atoms with Crippen LogP contribution in [0.1, 0.15) is 23.7 Å². The van der Waals surface area contributed by atoms with Gasteiger partial charge in [-0.15, -0.1) is 0 Å². The van der Waals surface area contributed by atoms with Gasteiger partial charge >= 0.3 is 5.97 Å². The van der Waals surface area contributed by atoms with Crippen LogP contribution < -0.4 is 5.73 Å². The monoisotopic (exact) mass is 319 g/mol. The second kappa shape index (κ2) is 7.33. The van der Waals surface area contributed by atoms with Crippen LogP contribution in [0.2, 0.25) is 0 Å². The van der Waals surface area contributed by atoms with Crippen molar-refractivity contribution in [2.75, 3.05) is 25.6 Å². The zero-order chi connectivity index (χ0) is 13.5. The summed E-state index contributed by atoms with van der Waals surface area (Å²) in [5, 5.41) is 0. The quantitative estimate of drug-likeness (QED) is 0.497. The third kappa shape index (κ3) is 4.27. The van der Waals surface area contributed by atoms with Crippen molar-refractivity contribution in [3.05, 3.63) is 28.0 Å². The van der Waals surface area contributed by atoms with Crippen LogP contribution >= 0.6 is 15.9 Å². The number of halogens is 2. The lowest BCUT2D eigenvalue weighted by molar-refractivity contribution is 0.0318. The molecular formula is C12H15BrFNO3.